The summed E-state index contributed by atoms with van der Waals surface area (Å²) in [5.41, 5.74) is 0. The van der Waals surface area contributed by atoms with E-state index >= 15 is 0 Å². The topological polar surface area (TPSA) is 141 Å². The zero-order chi connectivity index (χ0) is 12.3. The summed E-state index contributed by atoms with van der Waals surface area (Å²) in [6.45, 7) is 1.78. The number of rotatable bonds is 6. The molecule has 0 spiro atoms. The summed E-state index contributed by atoms with van der Waals surface area (Å²) in [7, 11) is -11.1. The second-order valence-corrected chi connectivity index (χ2v) is 7.19. The normalized spacial score (nSPS) is 15.4. The van der Waals surface area contributed by atoms with Crippen molar-refractivity contribution in [3.8, 4) is 0 Å². The van der Waals surface area contributed by atoms with Crippen LogP contribution in [0.1, 0.15) is 32.6 Å². The van der Waals surface area contributed by atoms with Gasteiger partial charge in [-0.05, 0) is 20.4 Å². The Hall–Kier alpha value is 2.26. The van der Waals surface area contributed by atoms with Gasteiger partial charge in [-0.25, -0.2) is 0 Å². The molecule has 0 aliphatic heterocycles. The zero-order valence-electron chi connectivity index (χ0n) is 10.2. The van der Waals surface area contributed by atoms with E-state index in [2.05, 4.69) is 0 Å². The molecule has 0 bridgehead atoms. The Morgan fingerprint density at radius 3 is 1.76 bits per heavy atom. The molecule has 0 rings (SSSR count). The van der Waals surface area contributed by atoms with E-state index in [0.717, 1.165) is 0 Å². The van der Waals surface area contributed by atoms with Gasteiger partial charge in [-0.3, -0.25) is 4.57 Å². The van der Waals surface area contributed by atoms with Gasteiger partial charge in [0.25, 0.3) is 0 Å². The standard InChI is InChI=1S/C6H16O7P2.2Na/c1-2-3-4-5-6(7,14(8,9)10)15(11,12)13;;/h7H,2-5H2,1H3,(H2,8,9,10)(H2,11,12,13);;/q;2*+1/p-2. The Balaban J connectivity index is -0.000000980. The maximum atomic E-state index is 10.8. The van der Waals surface area contributed by atoms with Gasteiger partial charge in [0.1, 0.15) is 0 Å². The van der Waals surface area contributed by atoms with Crippen molar-refractivity contribution < 1.29 is 92.9 Å². The van der Waals surface area contributed by atoms with Gasteiger partial charge in [-0.15, -0.1) is 0 Å². The number of aliphatic hydroxyl groups is 1. The van der Waals surface area contributed by atoms with E-state index in [0.29, 0.717) is 12.8 Å². The van der Waals surface area contributed by atoms with Crippen molar-refractivity contribution in [2.75, 3.05) is 0 Å². The quantitative estimate of drug-likeness (QED) is 0.252. The smallest absolute Gasteiger partial charge is 0.808 e. The molecule has 1 unspecified atom stereocenters. The van der Waals surface area contributed by atoms with Crippen LogP contribution >= 0.6 is 15.2 Å². The molecule has 0 fully saturated rings. The van der Waals surface area contributed by atoms with E-state index in [4.69, 9.17) is 9.79 Å². The summed E-state index contributed by atoms with van der Waals surface area (Å²) in [6.07, 6.45) is 0.462. The maximum absolute atomic E-state index is 10.8. The van der Waals surface area contributed by atoms with E-state index in [1.807, 2.05) is 0 Å². The summed E-state index contributed by atoms with van der Waals surface area (Å²) >= 11 is 0. The fourth-order valence-electron chi connectivity index (χ4n) is 1.05. The van der Waals surface area contributed by atoms with E-state index in [-0.39, 0.29) is 65.5 Å². The molecule has 0 aliphatic carbocycles. The van der Waals surface area contributed by atoms with Crippen molar-refractivity contribution in [1.82, 2.24) is 0 Å². The number of hydrogen-bond donors (Lipinski definition) is 3. The molecule has 0 aromatic carbocycles. The molecule has 0 saturated heterocycles. The van der Waals surface area contributed by atoms with Crippen LogP contribution in [0.2, 0.25) is 0 Å². The molecular formula is C6H14Na2O7P2. The van der Waals surface area contributed by atoms with Crippen molar-refractivity contribution in [3.05, 3.63) is 0 Å². The van der Waals surface area contributed by atoms with Crippen molar-refractivity contribution in [1.29, 1.82) is 0 Å². The van der Waals surface area contributed by atoms with Gasteiger partial charge in [0.2, 0.25) is 0 Å². The summed E-state index contributed by atoms with van der Waals surface area (Å²) in [5, 5.41) is 5.80. The third-order valence-corrected chi connectivity index (χ3v) is 5.79. The molecule has 17 heavy (non-hydrogen) atoms. The van der Waals surface area contributed by atoms with E-state index in [1.54, 1.807) is 6.92 Å². The predicted octanol–water partition coefficient (Wildman–Crippen LogP) is -6.69. The third-order valence-electron chi connectivity index (χ3n) is 2.02. The van der Waals surface area contributed by atoms with Crippen LogP contribution in [-0.4, -0.2) is 20.0 Å². The predicted molar refractivity (Wildman–Crippen MR) is 48.7 cm³/mol. The molecule has 0 aromatic heterocycles. The molecule has 0 radical (unpaired) electrons. The van der Waals surface area contributed by atoms with Gasteiger partial charge in [-0.2, -0.15) is 0 Å². The minimum Gasteiger partial charge on any atom is -0.808 e. The van der Waals surface area contributed by atoms with Crippen molar-refractivity contribution in [3.63, 3.8) is 0 Å². The molecule has 0 heterocycles. The Morgan fingerprint density at radius 2 is 1.53 bits per heavy atom. The van der Waals surface area contributed by atoms with Gasteiger partial charge in [0, 0.05) is 0 Å². The van der Waals surface area contributed by atoms with Crippen LogP contribution in [0.3, 0.4) is 0 Å². The molecular weight excluding hydrogens is 292 g/mol. The first-order valence-corrected chi connectivity index (χ1v) is 7.52. The molecule has 92 valence electrons. The first kappa shape index (κ1) is 24.3. The fraction of sp³-hybridized carbons (Fsp3) is 1.00. The summed E-state index contributed by atoms with van der Waals surface area (Å²) < 4.78 is 21.4. The van der Waals surface area contributed by atoms with E-state index in [1.165, 1.54) is 0 Å². The maximum Gasteiger partial charge on any atom is 1.00 e. The zero-order valence-corrected chi connectivity index (χ0v) is 16.0. The first-order valence-electron chi connectivity index (χ1n) is 4.36. The van der Waals surface area contributed by atoms with Crippen LogP contribution in [0.5, 0.6) is 0 Å². The third kappa shape index (κ3) is 7.00. The molecule has 0 amide bonds. The van der Waals surface area contributed by atoms with Crippen LogP contribution in [0.4, 0.5) is 0 Å². The molecule has 7 nitrogen and oxygen atoms in total. The SMILES string of the molecule is CCCCCC(O)(P(=O)([O-])[O-])P(=O)(O)O.[Na+].[Na+]. The molecule has 0 aromatic rings. The average molecular weight is 306 g/mol. The fourth-order valence-corrected chi connectivity index (χ4v) is 3.21. The van der Waals surface area contributed by atoms with E-state index < -0.39 is 26.7 Å². The Kier molecular flexibility index (Phi) is 13.2. The molecule has 1 atom stereocenters. The van der Waals surface area contributed by atoms with Crippen LogP contribution in [-0.2, 0) is 9.13 Å². The number of unbranched alkanes of at least 4 members (excludes halogenated alkanes) is 2. The summed E-state index contributed by atoms with van der Waals surface area (Å²) in [5.74, 6) is 0. The van der Waals surface area contributed by atoms with Gasteiger partial charge >= 0.3 is 66.7 Å². The van der Waals surface area contributed by atoms with E-state index in [9.17, 15) is 24.0 Å². The summed E-state index contributed by atoms with van der Waals surface area (Å²) in [6, 6.07) is 0. The van der Waals surface area contributed by atoms with Gasteiger partial charge in [0.05, 0.1) is 0 Å². The Labute approximate surface area is 144 Å². The van der Waals surface area contributed by atoms with Gasteiger partial charge in [-0.1, -0.05) is 19.8 Å². The second kappa shape index (κ2) is 9.24. The second-order valence-electron chi connectivity index (χ2n) is 3.27. The van der Waals surface area contributed by atoms with Crippen molar-refractivity contribution in [2.45, 2.75) is 37.7 Å². The van der Waals surface area contributed by atoms with Crippen LogP contribution in [0, 0.1) is 0 Å². The largest absolute Gasteiger partial charge is 1.00 e. The van der Waals surface area contributed by atoms with Crippen molar-refractivity contribution in [2.24, 2.45) is 0 Å². The van der Waals surface area contributed by atoms with Crippen LogP contribution < -0.4 is 68.9 Å². The Morgan fingerprint density at radius 1 is 1.12 bits per heavy atom. The summed E-state index contributed by atoms with van der Waals surface area (Å²) in [4.78, 5) is 38.6. The Bertz CT molecular complexity index is 277. The van der Waals surface area contributed by atoms with Gasteiger partial charge in [0.15, 0.2) is 5.08 Å². The van der Waals surface area contributed by atoms with Crippen LogP contribution in [0.25, 0.3) is 0 Å². The minimum absolute atomic E-state index is 0. The minimum atomic E-state index is -5.76. The van der Waals surface area contributed by atoms with Crippen molar-refractivity contribution >= 4 is 15.2 Å². The molecule has 0 saturated carbocycles. The number of hydrogen-bond acceptors (Lipinski definition) is 5. The molecule has 0 aliphatic rings. The molecule has 3 N–H and O–H groups in total. The first-order chi connectivity index (χ1) is 6.56. The monoisotopic (exact) mass is 306 g/mol. The average Bonchev–Trinajstić information content (AvgIpc) is 2.00. The van der Waals surface area contributed by atoms with Gasteiger partial charge < -0.3 is 29.2 Å². The van der Waals surface area contributed by atoms with Crippen LogP contribution in [0.15, 0.2) is 0 Å². The molecule has 11 heteroatoms.